The van der Waals surface area contributed by atoms with Gasteiger partial charge in [-0.3, -0.25) is 18.7 Å². The standard InChI is InChI=1S/C21H24ClN5O3S/c1-11(2)9-27-18-17(20(29)26(5)21(27)30)19(24-13(4)23-18)31-10-16(28)25-15-8-14(22)7-6-12(15)3/h6-8,11H,9-10H2,1-5H3,(H,25,28). The Labute approximate surface area is 188 Å². The first kappa shape index (κ1) is 23.0. The summed E-state index contributed by atoms with van der Waals surface area (Å²) in [6.45, 7) is 7.95. The number of anilines is 1. The number of nitrogens with zero attached hydrogens (tertiary/aromatic N) is 4. The molecule has 8 nitrogen and oxygen atoms in total. The Bertz CT molecular complexity index is 1280. The van der Waals surface area contributed by atoms with Gasteiger partial charge in [0.1, 0.15) is 16.2 Å². The van der Waals surface area contributed by atoms with Gasteiger partial charge in [0.25, 0.3) is 5.56 Å². The van der Waals surface area contributed by atoms with E-state index in [1.54, 1.807) is 19.1 Å². The van der Waals surface area contributed by atoms with Crippen LogP contribution in [0.5, 0.6) is 0 Å². The summed E-state index contributed by atoms with van der Waals surface area (Å²) in [4.78, 5) is 46.8. The Kier molecular flexibility index (Phi) is 6.86. The molecule has 0 aliphatic rings. The van der Waals surface area contributed by atoms with E-state index in [1.165, 1.54) is 11.6 Å². The molecule has 0 aliphatic carbocycles. The van der Waals surface area contributed by atoms with Crippen LogP contribution in [0.4, 0.5) is 5.69 Å². The van der Waals surface area contributed by atoms with Crippen molar-refractivity contribution in [1.29, 1.82) is 0 Å². The minimum atomic E-state index is -0.478. The van der Waals surface area contributed by atoms with Gasteiger partial charge in [-0.2, -0.15) is 0 Å². The highest BCUT2D eigenvalue weighted by atomic mass is 35.5. The maximum Gasteiger partial charge on any atom is 0.332 e. The van der Waals surface area contributed by atoms with Crippen molar-refractivity contribution in [3.63, 3.8) is 0 Å². The molecule has 1 aromatic carbocycles. The molecule has 1 amide bonds. The first-order valence-corrected chi connectivity index (χ1v) is 11.1. The van der Waals surface area contributed by atoms with Gasteiger partial charge in [-0.1, -0.05) is 43.3 Å². The van der Waals surface area contributed by atoms with E-state index < -0.39 is 11.2 Å². The highest BCUT2D eigenvalue weighted by Crippen LogP contribution is 2.24. The van der Waals surface area contributed by atoms with Crippen LogP contribution in [0.3, 0.4) is 0 Å². The van der Waals surface area contributed by atoms with Gasteiger partial charge in [-0.15, -0.1) is 0 Å². The fourth-order valence-electron chi connectivity index (χ4n) is 3.12. The lowest BCUT2D eigenvalue weighted by atomic mass is 10.2. The molecule has 0 radical (unpaired) electrons. The molecule has 10 heteroatoms. The molecular weight excluding hydrogens is 438 g/mol. The summed E-state index contributed by atoms with van der Waals surface area (Å²) in [5, 5.41) is 3.97. The van der Waals surface area contributed by atoms with Crippen LogP contribution in [-0.2, 0) is 18.4 Å². The molecule has 2 heterocycles. The summed E-state index contributed by atoms with van der Waals surface area (Å²) in [6.07, 6.45) is 0. The Morgan fingerprint density at radius 3 is 2.61 bits per heavy atom. The SMILES string of the molecule is Cc1nc(SCC(=O)Nc2cc(Cl)ccc2C)c2c(=O)n(C)c(=O)n(CC(C)C)c2n1. The molecule has 0 atom stereocenters. The molecule has 1 N–H and O–H groups in total. The van der Waals surface area contributed by atoms with Crippen molar-refractivity contribution in [2.75, 3.05) is 11.1 Å². The number of carbonyl (C=O) groups excluding carboxylic acids is 1. The Morgan fingerprint density at radius 2 is 1.94 bits per heavy atom. The molecule has 0 fully saturated rings. The number of halogens is 1. The average molecular weight is 462 g/mol. The molecule has 0 unspecified atom stereocenters. The summed E-state index contributed by atoms with van der Waals surface area (Å²) in [5.74, 6) is 0.374. The van der Waals surface area contributed by atoms with Crippen molar-refractivity contribution in [2.24, 2.45) is 13.0 Å². The second-order valence-corrected chi connectivity index (χ2v) is 9.12. The number of hydrogen-bond donors (Lipinski definition) is 1. The molecular formula is C21H24ClN5O3S. The minimum Gasteiger partial charge on any atom is -0.325 e. The number of thioether (sulfide) groups is 1. The monoisotopic (exact) mass is 461 g/mol. The van der Waals surface area contributed by atoms with Crippen LogP contribution in [0.2, 0.25) is 5.02 Å². The number of benzene rings is 1. The summed E-state index contributed by atoms with van der Waals surface area (Å²) in [7, 11) is 1.43. The van der Waals surface area contributed by atoms with E-state index >= 15 is 0 Å². The van der Waals surface area contributed by atoms with Crippen LogP contribution in [0, 0.1) is 19.8 Å². The summed E-state index contributed by atoms with van der Waals surface area (Å²) in [5.41, 5.74) is 0.909. The fourth-order valence-corrected chi connectivity index (χ4v) is 4.16. The smallest absolute Gasteiger partial charge is 0.325 e. The molecule has 3 aromatic rings. The molecule has 2 aromatic heterocycles. The van der Waals surface area contributed by atoms with Crippen LogP contribution in [0.1, 0.15) is 25.2 Å². The van der Waals surface area contributed by atoms with Crippen molar-refractivity contribution >= 4 is 46.0 Å². The Hall–Kier alpha value is -2.65. The number of fused-ring (bicyclic) bond motifs is 1. The molecule has 0 bridgehead atoms. The van der Waals surface area contributed by atoms with Crippen molar-refractivity contribution in [2.45, 2.75) is 39.3 Å². The van der Waals surface area contributed by atoms with Gasteiger partial charge in [0.2, 0.25) is 5.91 Å². The third kappa shape index (κ3) is 4.99. The number of hydrogen-bond acceptors (Lipinski definition) is 6. The number of carbonyl (C=O) groups is 1. The van der Waals surface area contributed by atoms with Gasteiger partial charge in [0.05, 0.1) is 5.75 Å². The van der Waals surface area contributed by atoms with E-state index in [4.69, 9.17) is 11.6 Å². The lowest BCUT2D eigenvalue weighted by molar-refractivity contribution is -0.113. The highest BCUT2D eigenvalue weighted by Gasteiger charge is 2.19. The van der Waals surface area contributed by atoms with Gasteiger partial charge in [0, 0.05) is 24.3 Å². The predicted octanol–water partition coefficient (Wildman–Crippen LogP) is 3.15. The average Bonchev–Trinajstić information content (AvgIpc) is 2.70. The number of nitrogens with one attached hydrogen (secondary N) is 1. The molecule has 31 heavy (non-hydrogen) atoms. The van der Waals surface area contributed by atoms with E-state index in [-0.39, 0.29) is 23.0 Å². The quantitative estimate of drug-likeness (QED) is 0.447. The van der Waals surface area contributed by atoms with Gasteiger partial charge in [-0.05, 0) is 37.5 Å². The number of aryl methyl sites for hydroxylation is 2. The number of amides is 1. The zero-order valence-corrected chi connectivity index (χ0v) is 19.6. The van der Waals surface area contributed by atoms with Gasteiger partial charge in [-0.25, -0.2) is 14.8 Å². The molecule has 3 rings (SSSR count). The van der Waals surface area contributed by atoms with E-state index in [0.29, 0.717) is 33.8 Å². The Morgan fingerprint density at radius 1 is 1.23 bits per heavy atom. The van der Waals surface area contributed by atoms with Crippen molar-refractivity contribution in [3.8, 4) is 0 Å². The van der Waals surface area contributed by atoms with Crippen molar-refractivity contribution in [3.05, 3.63) is 55.4 Å². The largest absolute Gasteiger partial charge is 0.332 e. The van der Waals surface area contributed by atoms with Crippen LogP contribution in [0.25, 0.3) is 11.0 Å². The summed E-state index contributed by atoms with van der Waals surface area (Å²) >= 11 is 7.15. The zero-order valence-electron chi connectivity index (χ0n) is 18.0. The predicted molar refractivity (Wildman–Crippen MR) is 124 cm³/mol. The van der Waals surface area contributed by atoms with E-state index in [1.807, 2.05) is 26.8 Å². The van der Waals surface area contributed by atoms with E-state index in [2.05, 4.69) is 15.3 Å². The summed E-state index contributed by atoms with van der Waals surface area (Å²) in [6, 6.07) is 5.26. The maximum absolute atomic E-state index is 12.9. The lowest BCUT2D eigenvalue weighted by Gasteiger charge is -2.15. The van der Waals surface area contributed by atoms with E-state index in [9.17, 15) is 14.4 Å². The number of rotatable bonds is 6. The van der Waals surface area contributed by atoms with Crippen molar-refractivity contribution in [1.82, 2.24) is 19.1 Å². The summed E-state index contributed by atoms with van der Waals surface area (Å²) < 4.78 is 2.55. The maximum atomic E-state index is 12.9. The van der Waals surface area contributed by atoms with Crippen LogP contribution >= 0.6 is 23.4 Å². The first-order chi connectivity index (χ1) is 14.6. The topological polar surface area (TPSA) is 98.9 Å². The molecule has 164 valence electrons. The Balaban J connectivity index is 1.98. The minimum absolute atomic E-state index is 0.0317. The van der Waals surface area contributed by atoms with Crippen LogP contribution in [0.15, 0.2) is 32.8 Å². The molecule has 0 aliphatic heterocycles. The first-order valence-electron chi connectivity index (χ1n) is 9.75. The third-order valence-electron chi connectivity index (χ3n) is 4.62. The molecule has 0 saturated heterocycles. The van der Waals surface area contributed by atoms with Gasteiger partial charge in [0.15, 0.2) is 5.65 Å². The molecule has 0 saturated carbocycles. The third-order valence-corrected chi connectivity index (χ3v) is 5.83. The normalized spacial score (nSPS) is 11.3. The highest BCUT2D eigenvalue weighted by molar-refractivity contribution is 8.00. The molecule has 0 spiro atoms. The second kappa shape index (κ2) is 9.23. The van der Waals surface area contributed by atoms with Crippen LogP contribution in [-0.4, -0.2) is 30.8 Å². The van der Waals surface area contributed by atoms with Crippen LogP contribution < -0.4 is 16.6 Å². The van der Waals surface area contributed by atoms with E-state index in [0.717, 1.165) is 21.9 Å². The van der Waals surface area contributed by atoms with Gasteiger partial charge >= 0.3 is 5.69 Å². The second-order valence-electron chi connectivity index (χ2n) is 7.72. The fraction of sp³-hybridized carbons (Fsp3) is 0.381. The van der Waals surface area contributed by atoms with Crippen molar-refractivity contribution < 1.29 is 4.79 Å². The lowest BCUT2D eigenvalue weighted by Crippen LogP contribution is -2.39. The zero-order chi connectivity index (χ0) is 22.9. The number of aromatic nitrogens is 4. The van der Waals surface area contributed by atoms with Gasteiger partial charge < -0.3 is 5.32 Å².